The predicted octanol–water partition coefficient (Wildman–Crippen LogP) is 2.74. The summed E-state index contributed by atoms with van der Waals surface area (Å²) >= 11 is 0. The topological polar surface area (TPSA) is 38.9 Å². The highest BCUT2D eigenvalue weighted by molar-refractivity contribution is 5.87. The number of benzene rings is 1. The van der Waals surface area contributed by atoms with E-state index in [1.807, 2.05) is 32.2 Å². The van der Waals surface area contributed by atoms with Gasteiger partial charge in [-0.15, -0.1) is 0 Å². The first-order valence-corrected chi connectivity index (χ1v) is 5.14. The van der Waals surface area contributed by atoms with Gasteiger partial charge in [-0.3, -0.25) is 4.98 Å². The number of pyridine rings is 1. The van der Waals surface area contributed by atoms with E-state index in [0.717, 1.165) is 11.1 Å². The molecule has 0 atom stereocenters. The van der Waals surface area contributed by atoms with E-state index < -0.39 is 5.54 Å². The molecule has 15 heavy (non-hydrogen) atoms. The van der Waals surface area contributed by atoms with Crippen molar-refractivity contribution in [2.75, 3.05) is 0 Å². The number of aromatic nitrogens is 1. The number of aryl methyl sites for hydroxylation is 1. The Morgan fingerprint density at radius 3 is 2.33 bits per heavy atom. The second-order valence-electron chi connectivity index (χ2n) is 4.56. The number of nitrogens with zero attached hydrogens (tertiary/aromatic N) is 1. The van der Waals surface area contributed by atoms with Crippen molar-refractivity contribution in [2.45, 2.75) is 26.3 Å². The molecular weight excluding hydrogens is 184 g/mol. The minimum absolute atomic E-state index is 0.396. The summed E-state index contributed by atoms with van der Waals surface area (Å²) in [6, 6.07) is 8.27. The van der Waals surface area contributed by atoms with Crippen LogP contribution in [0.5, 0.6) is 0 Å². The van der Waals surface area contributed by atoms with Crippen LogP contribution in [0.15, 0.2) is 30.5 Å². The molecule has 1 heterocycles. The smallest absolute Gasteiger partial charge is 0.0675 e. The lowest BCUT2D eigenvalue weighted by Crippen LogP contribution is -2.30. The third-order valence-electron chi connectivity index (χ3n) is 2.60. The van der Waals surface area contributed by atoms with E-state index in [1.54, 1.807) is 0 Å². The average Bonchev–Trinajstić information content (AvgIpc) is 2.17. The Hall–Kier alpha value is -1.41. The molecule has 0 aliphatic carbocycles. The second-order valence-corrected chi connectivity index (χ2v) is 4.56. The van der Waals surface area contributed by atoms with Gasteiger partial charge >= 0.3 is 0 Å². The maximum Gasteiger partial charge on any atom is 0.0675 e. The Morgan fingerprint density at radius 1 is 1.13 bits per heavy atom. The fourth-order valence-corrected chi connectivity index (χ4v) is 1.85. The van der Waals surface area contributed by atoms with Crippen molar-refractivity contribution in [3.05, 3.63) is 41.7 Å². The summed E-state index contributed by atoms with van der Waals surface area (Å²) < 4.78 is 0. The zero-order valence-electron chi connectivity index (χ0n) is 9.41. The first-order valence-electron chi connectivity index (χ1n) is 5.14. The van der Waals surface area contributed by atoms with Crippen LogP contribution in [0.1, 0.15) is 25.1 Å². The molecule has 0 saturated heterocycles. The van der Waals surface area contributed by atoms with Crippen LogP contribution < -0.4 is 5.73 Å². The SMILES string of the molecule is Cc1cnc(C(C)(C)N)c2ccccc12. The van der Waals surface area contributed by atoms with Gasteiger partial charge in [0.2, 0.25) is 0 Å². The van der Waals surface area contributed by atoms with E-state index in [2.05, 4.69) is 24.0 Å². The third kappa shape index (κ3) is 1.73. The van der Waals surface area contributed by atoms with Gasteiger partial charge in [-0.1, -0.05) is 24.3 Å². The van der Waals surface area contributed by atoms with Crippen molar-refractivity contribution in [3.8, 4) is 0 Å². The average molecular weight is 200 g/mol. The summed E-state index contributed by atoms with van der Waals surface area (Å²) in [4.78, 5) is 4.45. The fraction of sp³-hybridized carbons (Fsp3) is 0.308. The molecule has 78 valence electrons. The predicted molar refractivity (Wildman–Crippen MR) is 63.7 cm³/mol. The summed E-state index contributed by atoms with van der Waals surface area (Å²) in [6.07, 6.45) is 1.90. The van der Waals surface area contributed by atoms with Crippen molar-refractivity contribution >= 4 is 10.8 Å². The number of fused-ring (bicyclic) bond motifs is 1. The fourth-order valence-electron chi connectivity index (χ4n) is 1.85. The van der Waals surface area contributed by atoms with Gasteiger partial charge in [0, 0.05) is 11.6 Å². The molecule has 0 bridgehead atoms. The Bertz CT molecular complexity index is 495. The Morgan fingerprint density at radius 2 is 1.73 bits per heavy atom. The first-order chi connectivity index (χ1) is 7.00. The van der Waals surface area contributed by atoms with Crippen molar-refractivity contribution in [1.29, 1.82) is 0 Å². The quantitative estimate of drug-likeness (QED) is 0.768. The summed E-state index contributed by atoms with van der Waals surface area (Å²) in [5.74, 6) is 0. The zero-order chi connectivity index (χ0) is 11.1. The molecule has 2 rings (SSSR count). The van der Waals surface area contributed by atoms with Crippen LogP contribution in [0.25, 0.3) is 10.8 Å². The molecule has 0 aliphatic rings. The van der Waals surface area contributed by atoms with Gasteiger partial charge in [-0.2, -0.15) is 0 Å². The lowest BCUT2D eigenvalue weighted by Gasteiger charge is -2.20. The van der Waals surface area contributed by atoms with E-state index in [1.165, 1.54) is 10.9 Å². The molecule has 2 aromatic rings. The van der Waals surface area contributed by atoms with Crippen molar-refractivity contribution in [1.82, 2.24) is 4.98 Å². The monoisotopic (exact) mass is 200 g/mol. The van der Waals surface area contributed by atoms with E-state index in [4.69, 9.17) is 5.73 Å². The van der Waals surface area contributed by atoms with Gasteiger partial charge in [0.1, 0.15) is 0 Å². The summed E-state index contributed by atoms with van der Waals surface area (Å²) in [7, 11) is 0. The van der Waals surface area contributed by atoms with Gasteiger partial charge in [0.25, 0.3) is 0 Å². The normalized spacial score (nSPS) is 12.0. The Kier molecular flexibility index (Phi) is 2.24. The number of hydrogen-bond donors (Lipinski definition) is 1. The maximum absolute atomic E-state index is 6.11. The van der Waals surface area contributed by atoms with E-state index in [0.29, 0.717) is 0 Å². The molecular formula is C13H16N2. The van der Waals surface area contributed by atoms with Gasteiger partial charge in [0.15, 0.2) is 0 Å². The van der Waals surface area contributed by atoms with Crippen LogP contribution in [-0.2, 0) is 5.54 Å². The highest BCUT2D eigenvalue weighted by Crippen LogP contribution is 2.26. The van der Waals surface area contributed by atoms with E-state index in [-0.39, 0.29) is 0 Å². The van der Waals surface area contributed by atoms with Gasteiger partial charge in [-0.05, 0) is 31.7 Å². The van der Waals surface area contributed by atoms with Crippen molar-refractivity contribution in [2.24, 2.45) is 5.73 Å². The van der Waals surface area contributed by atoms with Crippen LogP contribution in [0, 0.1) is 6.92 Å². The Balaban J connectivity index is 2.84. The van der Waals surface area contributed by atoms with Crippen LogP contribution >= 0.6 is 0 Å². The van der Waals surface area contributed by atoms with Crippen LogP contribution in [0.3, 0.4) is 0 Å². The van der Waals surface area contributed by atoms with Gasteiger partial charge in [-0.25, -0.2) is 0 Å². The minimum atomic E-state index is -0.396. The molecule has 2 nitrogen and oxygen atoms in total. The molecule has 1 aromatic carbocycles. The lowest BCUT2D eigenvalue weighted by atomic mass is 9.95. The van der Waals surface area contributed by atoms with E-state index in [9.17, 15) is 0 Å². The van der Waals surface area contributed by atoms with E-state index >= 15 is 0 Å². The first kappa shape index (κ1) is 10.1. The van der Waals surface area contributed by atoms with Gasteiger partial charge in [0.05, 0.1) is 11.2 Å². The molecule has 2 heteroatoms. The maximum atomic E-state index is 6.11. The molecule has 0 saturated carbocycles. The highest BCUT2D eigenvalue weighted by Gasteiger charge is 2.19. The third-order valence-corrected chi connectivity index (χ3v) is 2.60. The number of nitrogens with two attached hydrogens (primary N) is 1. The highest BCUT2D eigenvalue weighted by atomic mass is 14.8. The number of rotatable bonds is 1. The standard InChI is InChI=1S/C13H16N2/c1-9-8-15-12(13(2,3)14)11-7-5-4-6-10(9)11/h4-8H,14H2,1-3H3. The second kappa shape index (κ2) is 3.31. The molecule has 1 aromatic heterocycles. The van der Waals surface area contributed by atoms with Crippen molar-refractivity contribution in [3.63, 3.8) is 0 Å². The molecule has 0 fully saturated rings. The molecule has 0 unspecified atom stereocenters. The van der Waals surface area contributed by atoms with Crippen LogP contribution in [-0.4, -0.2) is 4.98 Å². The summed E-state index contributed by atoms with van der Waals surface area (Å²) in [5.41, 5.74) is 7.87. The molecule has 0 radical (unpaired) electrons. The summed E-state index contributed by atoms with van der Waals surface area (Å²) in [6.45, 7) is 6.04. The largest absolute Gasteiger partial charge is 0.321 e. The molecule has 0 aliphatic heterocycles. The molecule has 0 spiro atoms. The molecule has 2 N–H and O–H groups in total. The van der Waals surface area contributed by atoms with Crippen LogP contribution in [0.2, 0.25) is 0 Å². The summed E-state index contributed by atoms with van der Waals surface area (Å²) in [5, 5.41) is 2.39. The van der Waals surface area contributed by atoms with Gasteiger partial charge < -0.3 is 5.73 Å². The Labute approximate surface area is 90.1 Å². The minimum Gasteiger partial charge on any atom is -0.321 e. The zero-order valence-corrected chi connectivity index (χ0v) is 9.41. The number of hydrogen-bond acceptors (Lipinski definition) is 2. The van der Waals surface area contributed by atoms with Crippen LogP contribution in [0.4, 0.5) is 0 Å². The van der Waals surface area contributed by atoms with Crippen molar-refractivity contribution < 1.29 is 0 Å². The lowest BCUT2D eigenvalue weighted by molar-refractivity contribution is 0.541. The molecule has 0 amide bonds.